The Bertz CT molecular complexity index is 468. The van der Waals surface area contributed by atoms with Gasteiger partial charge in [-0.2, -0.15) is 0 Å². The van der Waals surface area contributed by atoms with Gasteiger partial charge >= 0.3 is 0 Å². The number of rotatable bonds is 5. The number of benzene rings is 1. The molecule has 0 bridgehead atoms. The topological polar surface area (TPSA) is 24.5 Å². The molecule has 2 aliphatic rings. The number of hydrogen-bond acceptors (Lipinski definition) is 3. The van der Waals surface area contributed by atoms with Crippen LogP contribution >= 0.6 is 15.9 Å². The van der Waals surface area contributed by atoms with Crippen LogP contribution in [-0.2, 0) is 4.74 Å². The molecule has 1 N–H and O–H groups in total. The van der Waals surface area contributed by atoms with Gasteiger partial charge in [0.15, 0.2) is 0 Å². The molecule has 0 spiro atoms. The maximum atomic E-state index is 5.90. The van der Waals surface area contributed by atoms with Crippen LogP contribution in [0.15, 0.2) is 28.7 Å². The Morgan fingerprint density at radius 3 is 3.14 bits per heavy atom. The van der Waals surface area contributed by atoms with Crippen LogP contribution in [0.5, 0.6) is 0 Å². The summed E-state index contributed by atoms with van der Waals surface area (Å²) < 4.78 is 7.06. The van der Waals surface area contributed by atoms with E-state index in [4.69, 9.17) is 4.74 Å². The Hall–Kier alpha value is -0.420. The maximum absolute atomic E-state index is 5.90. The molecule has 3 nitrogen and oxygen atoms in total. The molecule has 1 aliphatic carbocycles. The number of halogens is 1. The summed E-state index contributed by atoms with van der Waals surface area (Å²) in [6, 6.07) is 9.72. The third-order valence-corrected chi connectivity index (χ3v) is 5.39. The molecule has 0 aromatic heterocycles. The monoisotopic (exact) mass is 352 g/mol. The molecule has 1 aromatic rings. The molecule has 3 atom stereocenters. The Kier molecular flexibility index (Phi) is 5.33. The van der Waals surface area contributed by atoms with Crippen molar-refractivity contribution in [3.63, 3.8) is 0 Å². The lowest BCUT2D eigenvalue weighted by Crippen LogP contribution is -2.49. The Morgan fingerprint density at radius 1 is 1.43 bits per heavy atom. The molecule has 0 radical (unpaired) electrons. The standard InChI is InChI=1S/C17H25BrN2O/c1-19-15(13-4-2-5-14(18)12-13)8-9-20-10-11-21-17-7-3-6-16(17)20/h2,4-5,12,15-17,19H,3,6-11H2,1H3. The highest BCUT2D eigenvalue weighted by molar-refractivity contribution is 9.10. The van der Waals surface area contributed by atoms with Gasteiger partial charge in [-0.05, 0) is 50.4 Å². The average Bonchev–Trinajstić information content (AvgIpc) is 2.97. The SMILES string of the molecule is CNC(CCN1CCOC2CCCC21)c1cccc(Br)c1. The van der Waals surface area contributed by atoms with Crippen molar-refractivity contribution in [1.82, 2.24) is 10.2 Å². The van der Waals surface area contributed by atoms with Crippen LogP contribution in [0, 0.1) is 0 Å². The van der Waals surface area contributed by atoms with Gasteiger partial charge in [0.05, 0.1) is 12.7 Å². The summed E-state index contributed by atoms with van der Waals surface area (Å²) in [7, 11) is 2.06. The first-order chi connectivity index (χ1) is 10.3. The quantitative estimate of drug-likeness (QED) is 0.879. The van der Waals surface area contributed by atoms with Gasteiger partial charge in [-0.3, -0.25) is 4.90 Å². The van der Waals surface area contributed by atoms with Gasteiger partial charge in [0, 0.05) is 29.6 Å². The van der Waals surface area contributed by atoms with E-state index in [2.05, 4.69) is 57.5 Å². The van der Waals surface area contributed by atoms with E-state index < -0.39 is 0 Å². The zero-order valence-corrected chi connectivity index (χ0v) is 14.3. The van der Waals surface area contributed by atoms with E-state index in [0.717, 1.165) is 30.6 Å². The number of ether oxygens (including phenoxy) is 1. The molecule has 1 saturated carbocycles. The predicted molar refractivity (Wildman–Crippen MR) is 89.5 cm³/mol. The van der Waals surface area contributed by atoms with Gasteiger partial charge < -0.3 is 10.1 Å². The van der Waals surface area contributed by atoms with Crippen molar-refractivity contribution in [3.05, 3.63) is 34.3 Å². The molecule has 1 aliphatic heterocycles. The Balaban J connectivity index is 1.60. The third-order valence-electron chi connectivity index (χ3n) is 4.90. The van der Waals surface area contributed by atoms with E-state index in [1.807, 2.05) is 0 Å². The number of nitrogens with zero attached hydrogens (tertiary/aromatic N) is 1. The minimum Gasteiger partial charge on any atom is -0.375 e. The lowest BCUT2D eigenvalue weighted by atomic mass is 10.0. The van der Waals surface area contributed by atoms with E-state index in [-0.39, 0.29) is 0 Å². The van der Waals surface area contributed by atoms with Crippen LogP contribution in [0.25, 0.3) is 0 Å². The normalized spacial score (nSPS) is 27.5. The van der Waals surface area contributed by atoms with Crippen molar-refractivity contribution in [1.29, 1.82) is 0 Å². The smallest absolute Gasteiger partial charge is 0.0730 e. The van der Waals surface area contributed by atoms with Crippen LogP contribution in [0.1, 0.15) is 37.3 Å². The molecule has 3 unspecified atom stereocenters. The van der Waals surface area contributed by atoms with Crippen molar-refractivity contribution in [3.8, 4) is 0 Å². The molecule has 1 saturated heterocycles. The summed E-state index contributed by atoms with van der Waals surface area (Å²) in [5.74, 6) is 0. The second-order valence-electron chi connectivity index (χ2n) is 6.13. The molecule has 0 amide bonds. The molecular weight excluding hydrogens is 328 g/mol. The molecule has 1 aromatic carbocycles. The molecule has 116 valence electrons. The van der Waals surface area contributed by atoms with Crippen LogP contribution in [0.4, 0.5) is 0 Å². The fourth-order valence-electron chi connectivity index (χ4n) is 3.78. The van der Waals surface area contributed by atoms with E-state index in [1.54, 1.807) is 0 Å². The van der Waals surface area contributed by atoms with Crippen LogP contribution in [-0.4, -0.2) is 43.8 Å². The van der Waals surface area contributed by atoms with E-state index in [9.17, 15) is 0 Å². The molecular formula is C17H25BrN2O. The highest BCUT2D eigenvalue weighted by atomic mass is 79.9. The molecule has 2 fully saturated rings. The number of morpholine rings is 1. The first-order valence-electron chi connectivity index (χ1n) is 8.06. The fraction of sp³-hybridized carbons (Fsp3) is 0.647. The first-order valence-corrected chi connectivity index (χ1v) is 8.85. The van der Waals surface area contributed by atoms with Crippen molar-refractivity contribution in [2.75, 3.05) is 26.7 Å². The number of fused-ring (bicyclic) bond motifs is 1. The van der Waals surface area contributed by atoms with Gasteiger partial charge in [-0.1, -0.05) is 28.1 Å². The van der Waals surface area contributed by atoms with Crippen molar-refractivity contribution < 1.29 is 4.74 Å². The second kappa shape index (κ2) is 7.23. The van der Waals surface area contributed by atoms with E-state index in [1.165, 1.54) is 24.8 Å². The van der Waals surface area contributed by atoms with Gasteiger partial charge in [0.25, 0.3) is 0 Å². The minimum absolute atomic E-state index is 0.421. The van der Waals surface area contributed by atoms with Crippen LogP contribution in [0.2, 0.25) is 0 Å². The summed E-state index contributed by atoms with van der Waals surface area (Å²) in [4.78, 5) is 2.66. The van der Waals surface area contributed by atoms with Gasteiger partial charge in [-0.15, -0.1) is 0 Å². The Labute approximate surface area is 136 Å². The summed E-state index contributed by atoms with van der Waals surface area (Å²) in [5.41, 5.74) is 1.36. The molecule has 4 heteroatoms. The lowest BCUT2D eigenvalue weighted by Gasteiger charge is -2.38. The van der Waals surface area contributed by atoms with Crippen molar-refractivity contribution in [2.45, 2.75) is 43.9 Å². The lowest BCUT2D eigenvalue weighted by molar-refractivity contribution is -0.0563. The summed E-state index contributed by atoms with van der Waals surface area (Å²) in [6.45, 7) is 3.15. The highest BCUT2D eigenvalue weighted by Crippen LogP contribution is 2.30. The second-order valence-corrected chi connectivity index (χ2v) is 7.04. The predicted octanol–water partition coefficient (Wildman–Crippen LogP) is 3.35. The van der Waals surface area contributed by atoms with Crippen LogP contribution in [0.3, 0.4) is 0 Å². The minimum atomic E-state index is 0.421. The molecule has 3 rings (SSSR count). The van der Waals surface area contributed by atoms with Crippen LogP contribution < -0.4 is 5.32 Å². The fourth-order valence-corrected chi connectivity index (χ4v) is 4.20. The molecule has 1 heterocycles. The Morgan fingerprint density at radius 2 is 2.33 bits per heavy atom. The van der Waals surface area contributed by atoms with E-state index >= 15 is 0 Å². The highest BCUT2D eigenvalue weighted by Gasteiger charge is 2.35. The summed E-state index contributed by atoms with van der Waals surface area (Å²) in [5, 5.41) is 3.47. The number of nitrogens with one attached hydrogen (secondary N) is 1. The number of hydrogen-bond donors (Lipinski definition) is 1. The van der Waals surface area contributed by atoms with Gasteiger partial charge in [-0.25, -0.2) is 0 Å². The largest absolute Gasteiger partial charge is 0.375 e. The third kappa shape index (κ3) is 3.67. The maximum Gasteiger partial charge on any atom is 0.0730 e. The first kappa shape index (κ1) is 15.5. The zero-order valence-electron chi connectivity index (χ0n) is 12.7. The van der Waals surface area contributed by atoms with Gasteiger partial charge in [0.1, 0.15) is 0 Å². The van der Waals surface area contributed by atoms with Gasteiger partial charge in [0.2, 0.25) is 0 Å². The zero-order chi connectivity index (χ0) is 14.7. The van der Waals surface area contributed by atoms with Crippen molar-refractivity contribution in [2.24, 2.45) is 0 Å². The summed E-state index contributed by atoms with van der Waals surface area (Å²) >= 11 is 3.57. The van der Waals surface area contributed by atoms with Crippen molar-refractivity contribution >= 4 is 15.9 Å². The summed E-state index contributed by atoms with van der Waals surface area (Å²) in [6.07, 6.45) is 5.54. The average molecular weight is 353 g/mol. The molecule has 21 heavy (non-hydrogen) atoms. The van der Waals surface area contributed by atoms with E-state index in [0.29, 0.717) is 18.2 Å².